The number of benzene rings is 3. The van der Waals surface area contributed by atoms with Gasteiger partial charge in [0.25, 0.3) is 5.91 Å². The summed E-state index contributed by atoms with van der Waals surface area (Å²) in [6.07, 6.45) is 1.72. The topological polar surface area (TPSA) is 49.4 Å². The molecule has 1 heterocycles. The molecule has 1 aliphatic rings. The number of hydrogen-bond donors (Lipinski definition) is 1. The number of carbonyl (C=O) groups excluding carboxylic acids is 2. The molecule has 1 N–H and O–H groups in total. The summed E-state index contributed by atoms with van der Waals surface area (Å²) < 4.78 is 0. The fourth-order valence-corrected chi connectivity index (χ4v) is 4.24. The van der Waals surface area contributed by atoms with Gasteiger partial charge in [0.05, 0.1) is 5.41 Å². The van der Waals surface area contributed by atoms with Crippen LogP contribution in [0.4, 0.5) is 11.4 Å². The molecule has 164 valence electrons. The first-order chi connectivity index (χ1) is 15.3. The zero-order valence-corrected chi connectivity index (χ0v) is 19.5. The summed E-state index contributed by atoms with van der Waals surface area (Å²) in [6.45, 7) is 4.45. The molecule has 0 aliphatic carbocycles. The molecule has 0 spiro atoms. The van der Waals surface area contributed by atoms with Gasteiger partial charge < -0.3 is 10.2 Å². The second-order valence-corrected chi connectivity index (χ2v) is 9.37. The van der Waals surface area contributed by atoms with Crippen molar-refractivity contribution >= 4 is 46.4 Å². The third-order valence-electron chi connectivity index (χ3n) is 5.91. The number of hydrogen-bond acceptors (Lipinski definition) is 2. The van der Waals surface area contributed by atoms with Crippen molar-refractivity contribution in [2.75, 3.05) is 16.8 Å². The van der Waals surface area contributed by atoms with E-state index in [0.717, 1.165) is 29.7 Å². The van der Waals surface area contributed by atoms with E-state index in [-0.39, 0.29) is 11.8 Å². The van der Waals surface area contributed by atoms with Gasteiger partial charge in [0, 0.05) is 33.5 Å². The van der Waals surface area contributed by atoms with Crippen LogP contribution in [0.15, 0.2) is 66.7 Å². The van der Waals surface area contributed by atoms with Gasteiger partial charge in [-0.1, -0.05) is 41.4 Å². The van der Waals surface area contributed by atoms with Crippen molar-refractivity contribution in [2.45, 2.75) is 32.1 Å². The average molecular weight is 467 g/mol. The van der Waals surface area contributed by atoms with Crippen LogP contribution in [-0.2, 0) is 16.6 Å². The van der Waals surface area contributed by atoms with Crippen molar-refractivity contribution in [3.8, 4) is 0 Å². The largest absolute Gasteiger partial charge is 0.325 e. The molecule has 6 heteroatoms. The van der Waals surface area contributed by atoms with Crippen molar-refractivity contribution in [1.29, 1.82) is 0 Å². The van der Waals surface area contributed by atoms with E-state index in [0.29, 0.717) is 27.8 Å². The summed E-state index contributed by atoms with van der Waals surface area (Å²) in [6, 6.07) is 20.0. The molecule has 4 nitrogen and oxygen atoms in total. The Hall–Kier alpha value is -2.82. The number of fused-ring (bicyclic) bond motifs is 1. The molecule has 1 aliphatic heterocycles. The van der Waals surface area contributed by atoms with Gasteiger partial charge in [-0.25, -0.2) is 0 Å². The molecule has 0 atom stereocenters. The zero-order chi connectivity index (χ0) is 22.9. The Balaban J connectivity index is 1.59. The predicted octanol–water partition coefficient (Wildman–Crippen LogP) is 6.50. The lowest BCUT2D eigenvalue weighted by atomic mass is 9.81. The average Bonchev–Trinajstić information content (AvgIpc) is 2.79. The quantitative estimate of drug-likeness (QED) is 0.476. The number of anilines is 2. The smallest absolute Gasteiger partial charge is 0.258 e. The lowest BCUT2D eigenvalue weighted by molar-refractivity contribution is -0.120. The first-order valence-corrected chi connectivity index (χ1v) is 11.3. The number of halogens is 2. The van der Waals surface area contributed by atoms with Crippen molar-refractivity contribution in [3.63, 3.8) is 0 Å². The molecule has 0 fully saturated rings. The van der Waals surface area contributed by atoms with Gasteiger partial charge >= 0.3 is 0 Å². The molecule has 0 saturated heterocycles. The van der Waals surface area contributed by atoms with Crippen molar-refractivity contribution in [1.82, 2.24) is 0 Å². The molecule has 4 rings (SSSR count). The van der Waals surface area contributed by atoms with Crippen molar-refractivity contribution in [2.24, 2.45) is 0 Å². The number of nitrogens with zero attached hydrogens (tertiary/aromatic N) is 1. The molecular formula is C26H24Cl2N2O2. The SMILES string of the molecule is CC(C)(C(=O)Nc1ccc(Cl)cc1)c1ccc2c(c1)CCCN2C(=O)c1cccc(Cl)c1. The summed E-state index contributed by atoms with van der Waals surface area (Å²) >= 11 is 12.0. The van der Waals surface area contributed by atoms with Crippen LogP contribution < -0.4 is 10.2 Å². The van der Waals surface area contributed by atoms with E-state index in [1.54, 1.807) is 53.4 Å². The number of nitrogens with one attached hydrogen (secondary N) is 1. The molecule has 0 saturated carbocycles. The molecule has 32 heavy (non-hydrogen) atoms. The van der Waals surface area contributed by atoms with E-state index < -0.39 is 5.41 Å². The summed E-state index contributed by atoms with van der Waals surface area (Å²) in [7, 11) is 0. The lowest BCUT2D eigenvalue weighted by Crippen LogP contribution is -2.37. The second-order valence-electron chi connectivity index (χ2n) is 8.50. The summed E-state index contributed by atoms with van der Waals surface area (Å²) in [5, 5.41) is 4.13. The monoisotopic (exact) mass is 466 g/mol. The Bertz CT molecular complexity index is 1170. The first-order valence-electron chi connectivity index (χ1n) is 10.5. The lowest BCUT2D eigenvalue weighted by Gasteiger charge is -2.32. The highest BCUT2D eigenvalue weighted by molar-refractivity contribution is 6.31. The molecule has 3 aromatic carbocycles. The molecule has 0 unspecified atom stereocenters. The third-order valence-corrected chi connectivity index (χ3v) is 6.39. The highest BCUT2D eigenvalue weighted by Crippen LogP contribution is 2.34. The third kappa shape index (κ3) is 4.52. The molecule has 0 aromatic heterocycles. The van der Waals surface area contributed by atoms with E-state index in [9.17, 15) is 9.59 Å². The summed E-state index contributed by atoms with van der Waals surface area (Å²) in [5.74, 6) is -0.177. The van der Waals surface area contributed by atoms with Crippen LogP contribution in [0.2, 0.25) is 10.0 Å². The Morgan fingerprint density at radius 2 is 1.69 bits per heavy atom. The Kier molecular flexibility index (Phi) is 6.27. The van der Waals surface area contributed by atoms with Crippen molar-refractivity contribution in [3.05, 3.63) is 93.5 Å². The van der Waals surface area contributed by atoms with Crippen LogP contribution in [0.5, 0.6) is 0 Å². The fourth-order valence-electron chi connectivity index (χ4n) is 3.93. The maximum atomic E-state index is 13.1. The molecule has 2 amide bonds. The maximum absolute atomic E-state index is 13.1. The van der Waals surface area contributed by atoms with Crippen molar-refractivity contribution < 1.29 is 9.59 Å². The molecule has 0 radical (unpaired) electrons. The highest BCUT2D eigenvalue weighted by Gasteiger charge is 2.32. The van der Waals surface area contributed by atoms with E-state index in [2.05, 4.69) is 5.32 Å². The van der Waals surface area contributed by atoms with E-state index in [1.807, 2.05) is 32.0 Å². The number of carbonyl (C=O) groups is 2. The second kappa shape index (κ2) is 8.97. The van der Waals surface area contributed by atoms with Crippen LogP contribution in [-0.4, -0.2) is 18.4 Å². The van der Waals surface area contributed by atoms with Gasteiger partial charge in [0.2, 0.25) is 5.91 Å². The first kappa shape index (κ1) is 22.4. The van der Waals surface area contributed by atoms with E-state index in [1.165, 1.54) is 0 Å². The summed E-state index contributed by atoms with van der Waals surface area (Å²) in [4.78, 5) is 28.0. The van der Waals surface area contributed by atoms with Crippen LogP contribution in [0.1, 0.15) is 41.8 Å². The molecular weight excluding hydrogens is 443 g/mol. The van der Waals surface area contributed by atoms with Gasteiger partial charge in [-0.3, -0.25) is 9.59 Å². The fraction of sp³-hybridized carbons (Fsp3) is 0.231. The van der Waals surface area contributed by atoms with Gasteiger partial charge in [0.15, 0.2) is 0 Å². The Morgan fingerprint density at radius 1 is 0.938 bits per heavy atom. The van der Waals surface area contributed by atoms with Crippen LogP contribution in [0.25, 0.3) is 0 Å². The van der Waals surface area contributed by atoms with Gasteiger partial charge in [0.1, 0.15) is 0 Å². The number of aryl methyl sites for hydroxylation is 1. The number of rotatable bonds is 4. The highest BCUT2D eigenvalue weighted by atomic mass is 35.5. The van der Waals surface area contributed by atoms with E-state index >= 15 is 0 Å². The Morgan fingerprint density at radius 3 is 2.41 bits per heavy atom. The zero-order valence-electron chi connectivity index (χ0n) is 18.0. The van der Waals surface area contributed by atoms with E-state index in [4.69, 9.17) is 23.2 Å². The van der Waals surface area contributed by atoms with Crippen LogP contribution >= 0.6 is 23.2 Å². The van der Waals surface area contributed by atoms with Gasteiger partial charge in [-0.2, -0.15) is 0 Å². The normalized spacial score (nSPS) is 13.4. The maximum Gasteiger partial charge on any atom is 0.258 e. The standard InChI is InChI=1S/C26H24Cl2N2O2/c1-26(2,25(32)29-22-11-9-20(27)10-12-22)19-8-13-23-17(15-19)6-4-14-30(23)24(31)18-5-3-7-21(28)16-18/h3,5,7-13,15-16H,4,6,14H2,1-2H3,(H,29,32). The Labute approximate surface area is 198 Å². The minimum Gasteiger partial charge on any atom is -0.325 e. The van der Waals surface area contributed by atoms with Crippen LogP contribution in [0.3, 0.4) is 0 Å². The van der Waals surface area contributed by atoms with Gasteiger partial charge in [-0.05, 0) is 86.3 Å². The minimum atomic E-state index is -0.756. The van der Waals surface area contributed by atoms with Crippen LogP contribution in [0, 0.1) is 0 Å². The predicted molar refractivity (Wildman–Crippen MR) is 131 cm³/mol. The number of amides is 2. The summed E-state index contributed by atoms with van der Waals surface area (Å²) in [5.41, 5.74) is 3.37. The molecule has 0 bridgehead atoms. The van der Waals surface area contributed by atoms with Gasteiger partial charge in [-0.15, -0.1) is 0 Å². The minimum absolute atomic E-state index is 0.0686. The molecule has 3 aromatic rings.